The minimum absolute atomic E-state index is 0.0233. The van der Waals surface area contributed by atoms with Gasteiger partial charge in [-0.3, -0.25) is 14.5 Å². The van der Waals surface area contributed by atoms with Crippen LogP contribution in [0.3, 0.4) is 0 Å². The molecule has 2 saturated heterocycles. The minimum atomic E-state index is -0.878. The van der Waals surface area contributed by atoms with Gasteiger partial charge in [0.05, 0.1) is 32.1 Å². The lowest BCUT2D eigenvalue weighted by Gasteiger charge is -2.37. The maximum atomic E-state index is 15.2. The van der Waals surface area contributed by atoms with Crippen molar-refractivity contribution in [3.05, 3.63) is 54.0 Å². The zero-order valence-corrected chi connectivity index (χ0v) is 22.8. The Hall–Kier alpha value is -5.02. The number of methoxy groups -OCH3 is 1. The predicted octanol–water partition coefficient (Wildman–Crippen LogP) is 1.16. The van der Waals surface area contributed by atoms with Gasteiger partial charge >= 0.3 is 12.2 Å². The van der Waals surface area contributed by atoms with E-state index in [9.17, 15) is 19.2 Å². The topological polar surface area (TPSA) is 151 Å². The van der Waals surface area contributed by atoms with Crippen LogP contribution in [0, 0.1) is 11.6 Å². The Morgan fingerprint density at radius 2 is 1.88 bits per heavy atom. The van der Waals surface area contributed by atoms with Gasteiger partial charge in [0.15, 0.2) is 17.3 Å². The number of aromatic nitrogens is 3. The molecule has 0 bridgehead atoms. The largest absolute Gasteiger partial charge is 0.453 e. The number of cyclic esters (lactones) is 1. The normalized spacial score (nSPS) is 17.7. The van der Waals surface area contributed by atoms with Gasteiger partial charge in [0.25, 0.3) is 5.91 Å². The first-order chi connectivity index (χ1) is 20.2. The molecule has 42 heavy (non-hydrogen) atoms. The average molecular weight is 587 g/mol. The molecule has 0 aliphatic carbocycles. The van der Waals surface area contributed by atoms with Crippen molar-refractivity contribution < 1.29 is 37.4 Å². The van der Waals surface area contributed by atoms with E-state index in [1.165, 1.54) is 33.8 Å². The molecule has 0 saturated carbocycles. The molecule has 222 valence electrons. The average Bonchev–Trinajstić information content (AvgIpc) is 3.58. The van der Waals surface area contributed by atoms with Gasteiger partial charge < -0.3 is 29.9 Å². The van der Waals surface area contributed by atoms with E-state index in [4.69, 9.17) is 4.74 Å². The number of carbonyl (C=O) groups excluding carboxylic acids is 4. The summed E-state index contributed by atoms with van der Waals surface area (Å²) in [5, 5.41) is 9.14. The SMILES string of the molecule is COC(=O)NC[C@H]1CN(c2cc(F)c(N3CCN(C(=O)[C@H](C)NC(=O)c4cnn5cccnc45)CC3)c(F)c2)C(=O)O1. The van der Waals surface area contributed by atoms with Crippen molar-refractivity contribution in [1.29, 1.82) is 0 Å². The second kappa shape index (κ2) is 11.8. The summed E-state index contributed by atoms with van der Waals surface area (Å²) < 4.78 is 41.4. The molecule has 2 aliphatic rings. The first-order valence-corrected chi connectivity index (χ1v) is 13.1. The Bertz CT molecular complexity index is 1500. The van der Waals surface area contributed by atoms with Crippen LogP contribution in [-0.4, -0.2) is 102 Å². The molecular weight excluding hydrogens is 558 g/mol. The van der Waals surface area contributed by atoms with Crippen LogP contribution in [0.1, 0.15) is 17.3 Å². The van der Waals surface area contributed by atoms with Crippen LogP contribution in [0.15, 0.2) is 36.8 Å². The van der Waals surface area contributed by atoms with Gasteiger partial charge in [0.1, 0.15) is 23.4 Å². The lowest BCUT2D eigenvalue weighted by molar-refractivity contribution is -0.133. The fourth-order valence-corrected chi connectivity index (χ4v) is 4.87. The number of benzene rings is 1. The Morgan fingerprint density at radius 3 is 2.57 bits per heavy atom. The van der Waals surface area contributed by atoms with Crippen molar-refractivity contribution in [3.8, 4) is 0 Å². The van der Waals surface area contributed by atoms with E-state index >= 15 is 8.78 Å². The summed E-state index contributed by atoms with van der Waals surface area (Å²) in [6.45, 7) is 2.14. The molecule has 14 nitrogen and oxygen atoms in total. The summed E-state index contributed by atoms with van der Waals surface area (Å²) in [5.41, 5.74) is 0.281. The molecule has 2 aliphatic heterocycles. The highest BCUT2D eigenvalue weighted by molar-refractivity contribution is 6.01. The molecule has 3 aromatic rings. The zero-order valence-electron chi connectivity index (χ0n) is 22.8. The van der Waals surface area contributed by atoms with Gasteiger partial charge in [-0.15, -0.1) is 0 Å². The molecule has 0 radical (unpaired) electrons. The number of hydrogen-bond acceptors (Lipinski definition) is 9. The molecule has 4 heterocycles. The number of halogens is 2. The van der Waals surface area contributed by atoms with Gasteiger partial charge in [0, 0.05) is 50.7 Å². The van der Waals surface area contributed by atoms with E-state index in [-0.39, 0.29) is 62.1 Å². The van der Waals surface area contributed by atoms with Crippen molar-refractivity contribution in [3.63, 3.8) is 0 Å². The monoisotopic (exact) mass is 586 g/mol. The molecular formula is C26H28F2N8O6. The molecule has 4 amide bonds. The quantitative estimate of drug-likeness (QED) is 0.416. The Kier molecular flexibility index (Phi) is 8.04. The van der Waals surface area contributed by atoms with Gasteiger partial charge in [-0.05, 0) is 13.0 Å². The number of rotatable bonds is 7. The molecule has 0 unspecified atom stereocenters. The van der Waals surface area contributed by atoms with Crippen LogP contribution in [0.2, 0.25) is 0 Å². The summed E-state index contributed by atoms with van der Waals surface area (Å²) in [7, 11) is 1.19. The van der Waals surface area contributed by atoms with Crippen molar-refractivity contribution in [2.75, 3.05) is 56.2 Å². The molecule has 2 N–H and O–H groups in total. The summed E-state index contributed by atoms with van der Waals surface area (Å²) >= 11 is 0. The Morgan fingerprint density at radius 1 is 1.17 bits per heavy atom. The highest BCUT2D eigenvalue weighted by Gasteiger charge is 2.35. The summed E-state index contributed by atoms with van der Waals surface area (Å²) in [5.74, 6) is -2.60. The fourth-order valence-electron chi connectivity index (χ4n) is 4.87. The minimum Gasteiger partial charge on any atom is -0.453 e. The smallest absolute Gasteiger partial charge is 0.414 e. The molecule has 2 atom stereocenters. The standard InChI is InChI=1S/C26H28F2N8O6/c1-15(32-23(37)18-13-31-36-5-3-4-29-22(18)36)24(38)34-8-6-33(7-9-34)21-19(27)10-16(11-20(21)28)35-14-17(42-26(35)40)12-30-25(39)41-2/h3-5,10-11,13,15,17H,6-9,12,14H2,1-2H3,(H,30,39)(H,32,37)/t15-,17-/m0/s1. The van der Waals surface area contributed by atoms with Gasteiger partial charge in [-0.1, -0.05) is 0 Å². The van der Waals surface area contributed by atoms with Crippen LogP contribution in [0.4, 0.5) is 29.7 Å². The molecule has 2 fully saturated rings. The van der Waals surface area contributed by atoms with E-state index in [0.717, 1.165) is 17.0 Å². The maximum absolute atomic E-state index is 15.2. The molecule has 0 spiro atoms. The number of amides is 4. The third-order valence-electron chi connectivity index (χ3n) is 7.00. The number of alkyl carbamates (subject to hydrolysis) is 1. The van der Waals surface area contributed by atoms with E-state index in [0.29, 0.717) is 5.65 Å². The lowest BCUT2D eigenvalue weighted by Crippen LogP contribution is -2.54. The van der Waals surface area contributed by atoms with Crippen LogP contribution in [0.5, 0.6) is 0 Å². The van der Waals surface area contributed by atoms with E-state index in [2.05, 4.69) is 25.5 Å². The van der Waals surface area contributed by atoms with E-state index < -0.39 is 41.9 Å². The third kappa shape index (κ3) is 5.73. The second-order valence-corrected chi connectivity index (χ2v) is 9.70. The van der Waals surface area contributed by atoms with Crippen LogP contribution in [-0.2, 0) is 14.3 Å². The third-order valence-corrected chi connectivity index (χ3v) is 7.00. The highest BCUT2D eigenvalue weighted by atomic mass is 19.1. The number of fused-ring (bicyclic) bond motifs is 1. The maximum Gasteiger partial charge on any atom is 0.414 e. The second-order valence-electron chi connectivity index (χ2n) is 9.70. The summed E-state index contributed by atoms with van der Waals surface area (Å²) in [6.07, 6.45) is 2.32. The summed E-state index contributed by atoms with van der Waals surface area (Å²) in [4.78, 5) is 57.5. The number of hydrogen-bond donors (Lipinski definition) is 2. The van der Waals surface area contributed by atoms with Crippen LogP contribution in [0.25, 0.3) is 5.65 Å². The number of carbonyl (C=O) groups is 4. The van der Waals surface area contributed by atoms with Crippen molar-refractivity contribution in [2.45, 2.75) is 19.1 Å². The van der Waals surface area contributed by atoms with Crippen LogP contribution < -0.4 is 20.4 Å². The van der Waals surface area contributed by atoms with Crippen LogP contribution >= 0.6 is 0 Å². The van der Waals surface area contributed by atoms with E-state index in [1.807, 2.05) is 0 Å². The molecule has 5 rings (SSSR count). The number of nitrogens with zero attached hydrogens (tertiary/aromatic N) is 6. The predicted molar refractivity (Wildman–Crippen MR) is 143 cm³/mol. The van der Waals surface area contributed by atoms with Gasteiger partial charge in [0.2, 0.25) is 5.91 Å². The van der Waals surface area contributed by atoms with Crippen molar-refractivity contribution >= 4 is 41.0 Å². The van der Waals surface area contributed by atoms with Crippen molar-refractivity contribution in [2.24, 2.45) is 0 Å². The Balaban J connectivity index is 1.17. The van der Waals surface area contributed by atoms with Gasteiger partial charge in [-0.2, -0.15) is 5.10 Å². The lowest BCUT2D eigenvalue weighted by atomic mass is 10.1. The highest BCUT2D eigenvalue weighted by Crippen LogP contribution is 2.31. The molecule has 2 aromatic heterocycles. The number of anilines is 2. The number of piperazine rings is 1. The number of nitrogens with one attached hydrogen (secondary N) is 2. The van der Waals surface area contributed by atoms with E-state index in [1.54, 1.807) is 19.2 Å². The number of ether oxygens (including phenoxy) is 2. The molecule has 1 aromatic carbocycles. The Labute approximate surface area is 238 Å². The van der Waals surface area contributed by atoms with Crippen molar-refractivity contribution in [1.82, 2.24) is 30.1 Å². The summed E-state index contributed by atoms with van der Waals surface area (Å²) in [6, 6.07) is 2.90. The van der Waals surface area contributed by atoms with Gasteiger partial charge in [-0.25, -0.2) is 27.9 Å². The first kappa shape index (κ1) is 28.5. The first-order valence-electron chi connectivity index (χ1n) is 13.1. The fraction of sp³-hybridized carbons (Fsp3) is 0.385. The molecule has 16 heteroatoms. The zero-order chi connectivity index (χ0) is 30.0.